The van der Waals surface area contributed by atoms with E-state index in [0.717, 1.165) is 46.0 Å². The summed E-state index contributed by atoms with van der Waals surface area (Å²) in [6.45, 7) is -0.520. The number of hydrazone groups is 1. The van der Waals surface area contributed by atoms with Crippen molar-refractivity contribution < 1.29 is 22.7 Å². The van der Waals surface area contributed by atoms with Crippen LogP contribution in [0.2, 0.25) is 0 Å². The average Bonchev–Trinajstić information content (AvgIpc) is 3.37. The van der Waals surface area contributed by atoms with Gasteiger partial charge in [0.15, 0.2) is 6.61 Å². The second-order valence-electron chi connectivity index (χ2n) is 10.0. The molecule has 0 saturated heterocycles. The molecule has 40 heavy (non-hydrogen) atoms. The molecule has 0 spiro atoms. The summed E-state index contributed by atoms with van der Waals surface area (Å²) in [6.07, 6.45) is 4.88. The number of hydrogen-bond donors (Lipinski definition) is 0. The normalized spacial score (nSPS) is 19.8. The fraction of sp³-hybridized carbons (Fsp3) is 0.258. The van der Waals surface area contributed by atoms with Crippen LogP contribution in [0.25, 0.3) is 6.08 Å². The molecule has 3 aromatic rings. The molecule has 2 atom stereocenters. The molecule has 2 unspecified atom stereocenters. The van der Waals surface area contributed by atoms with Gasteiger partial charge in [-0.2, -0.15) is 5.10 Å². The zero-order chi connectivity index (χ0) is 28.3. The van der Waals surface area contributed by atoms with E-state index in [2.05, 4.69) is 6.08 Å². The molecule has 206 valence electrons. The van der Waals surface area contributed by atoms with E-state index >= 15 is 0 Å². The first-order valence-corrected chi connectivity index (χ1v) is 14.6. The summed E-state index contributed by atoms with van der Waals surface area (Å²) in [5.41, 5.74) is 4.09. The highest BCUT2D eigenvalue weighted by molar-refractivity contribution is 7.89. The van der Waals surface area contributed by atoms with Crippen molar-refractivity contribution in [2.24, 2.45) is 11.0 Å². The van der Waals surface area contributed by atoms with Crippen LogP contribution in [0, 0.1) is 5.92 Å². The molecular formula is C31H31N3O5S. The Balaban J connectivity index is 1.39. The number of carbonyl (C=O) groups excluding carboxylic acids is 2. The van der Waals surface area contributed by atoms with Gasteiger partial charge in [-0.25, -0.2) is 22.5 Å². The lowest BCUT2D eigenvalue weighted by Crippen LogP contribution is -2.34. The molecule has 1 fully saturated rings. The quantitative estimate of drug-likeness (QED) is 0.385. The van der Waals surface area contributed by atoms with Crippen molar-refractivity contribution in [2.45, 2.75) is 30.2 Å². The van der Waals surface area contributed by atoms with Gasteiger partial charge in [0.25, 0.3) is 5.91 Å². The number of ether oxygens (including phenoxy) is 1. The highest BCUT2D eigenvalue weighted by atomic mass is 32.2. The van der Waals surface area contributed by atoms with Crippen molar-refractivity contribution in [3.05, 3.63) is 107 Å². The fourth-order valence-electron chi connectivity index (χ4n) is 5.21. The molecule has 1 saturated carbocycles. The third-order valence-corrected chi connectivity index (χ3v) is 9.02. The second-order valence-corrected chi connectivity index (χ2v) is 12.2. The van der Waals surface area contributed by atoms with Crippen molar-refractivity contribution in [2.75, 3.05) is 20.7 Å². The molecule has 3 aromatic carbocycles. The van der Waals surface area contributed by atoms with Crippen LogP contribution in [-0.2, 0) is 19.6 Å². The first-order valence-electron chi connectivity index (χ1n) is 13.2. The summed E-state index contributed by atoms with van der Waals surface area (Å²) in [5.74, 6) is -1.20. The lowest BCUT2D eigenvalue weighted by atomic mass is 9.77. The molecule has 0 N–H and O–H groups in total. The number of esters is 1. The van der Waals surface area contributed by atoms with Crippen LogP contribution in [0.1, 0.15) is 46.8 Å². The van der Waals surface area contributed by atoms with E-state index in [-0.39, 0.29) is 22.4 Å². The highest BCUT2D eigenvalue weighted by Gasteiger charge is 2.43. The molecule has 9 heteroatoms. The van der Waals surface area contributed by atoms with Gasteiger partial charge in [0.2, 0.25) is 10.0 Å². The summed E-state index contributed by atoms with van der Waals surface area (Å²) in [4.78, 5) is 26.3. The van der Waals surface area contributed by atoms with Gasteiger partial charge in [-0.3, -0.25) is 4.79 Å². The monoisotopic (exact) mass is 557 g/mol. The minimum absolute atomic E-state index is 0.0266. The second kappa shape index (κ2) is 11.6. The molecule has 0 radical (unpaired) electrons. The zero-order valence-corrected chi connectivity index (χ0v) is 23.3. The predicted octanol–water partition coefficient (Wildman–Crippen LogP) is 4.92. The van der Waals surface area contributed by atoms with Gasteiger partial charge in [-0.05, 0) is 60.2 Å². The van der Waals surface area contributed by atoms with Gasteiger partial charge in [0.05, 0.1) is 22.2 Å². The third kappa shape index (κ3) is 5.61. The van der Waals surface area contributed by atoms with Gasteiger partial charge in [0, 0.05) is 20.0 Å². The molecule has 1 heterocycles. The molecule has 1 aliphatic heterocycles. The van der Waals surface area contributed by atoms with Crippen LogP contribution in [-0.4, -0.2) is 56.0 Å². The van der Waals surface area contributed by atoms with Crippen LogP contribution in [0.5, 0.6) is 0 Å². The van der Waals surface area contributed by atoms with E-state index in [0.29, 0.717) is 0 Å². The van der Waals surface area contributed by atoms with E-state index in [1.165, 1.54) is 43.4 Å². The number of allylic oxidation sites excluding steroid dienone is 1. The SMILES string of the molecule is CN(C)S(=O)(=O)c1cccc(C(=O)OCC(=O)N2N=C3C(=Cc4ccccc4)CCCC3C2c2ccccc2)c1. The van der Waals surface area contributed by atoms with Gasteiger partial charge < -0.3 is 4.74 Å². The minimum Gasteiger partial charge on any atom is -0.452 e. The summed E-state index contributed by atoms with van der Waals surface area (Å²) < 4.78 is 31.4. The van der Waals surface area contributed by atoms with E-state index in [4.69, 9.17) is 9.84 Å². The average molecular weight is 558 g/mol. The summed E-state index contributed by atoms with van der Waals surface area (Å²) in [6, 6.07) is 25.1. The standard InChI is InChI=1S/C31H31N3O5S/c1-33(2)40(37,38)26-17-9-16-25(20-26)31(36)39-21-28(35)34-30(23-13-7-4-8-14-23)27-18-10-15-24(29(27)32-34)19-22-11-5-3-6-12-22/h3-9,11-14,16-17,19-20,27,30H,10,15,18,21H2,1-2H3. The largest absolute Gasteiger partial charge is 0.452 e. The number of benzene rings is 3. The van der Waals surface area contributed by atoms with Crippen LogP contribution >= 0.6 is 0 Å². The van der Waals surface area contributed by atoms with Crippen LogP contribution in [0.3, 0.4) is 0 Å². The fourth-order valence-corrected chi connectivity index (χ4v) is 6.16. The number of nitrogens with zero attached hydrogens (tertiary/aromatic N) is 3. The smallest absolute Gasteiger partial charge is 0.338 e. The van der Waals surface area contributed by atoms with Gasteiger partial charge in [0.1, 0.15) is 0 Å². The number of fused-ring (bicyclic) bond motifs is 1. The number of sulfonamides is 1. The molecule has 1 aliphatic carbocycles. The van der Waals surface area contributed by atoms with E-state index in [1.54, 1.807) is 0 Å². The number of amides is 1. The Hall–Kier alpha value is -4.08. The van der Waals surface area contributed by atoms with Crippen molar-refractivity contribution in [3.63, 3.8) is 0 Å². The molecule has 8 nitrogen and oxygen atoms in total. The summed E-state index contributed by atoms with van der Waals surface area (Å²) in [5, 5.41) is 6.28. The Morgan fingerprint density at radius 2 is 1.70 bits per heavy atom. The molecular weight excluding hydrogens is 526 g/mol. The Labute approximate surface area is 234 Å². The number of rotatable bonds is 7. The van der Waals surface area contributed by atoms with E-state index in [1.807, 2.05) is 60.7 Å². The predicted molar refractivity (Wildman–Crippen MR) is 153 cm³/mol. The third-order valence-electron chi connectivity index (χ3n) is 7.21. The molecule has 0 bridgehead atoms. The lowest BCUT2D eigenvalue weighted by Gasteiger charge is -2.29. The van der Waals surface area contributed by atoms with Gasteiger partial charge >= 0.3 is 5.97 Å². The van der Waals surface area contributed by atoms with Gasteiger partial charge in [-0.1, -0.05) is 66.7 Å². The van der Waals surface area contributed by atoms with Crippen molar-refractivity contribution in [3.8, 4) is 0 Å². The topological polar surface area (TPSA) is 96.3 Å². The molecule has 1 amide bonds. The Morgan fingerprint density at radius 3 is 2.40 bits per heavy atom. The number of carbonyl (C=O) groups is 2. The van der Waals surface area contributed by atoms with Crippen molar-refractivity contribution in [1.29, 1.82) is 0 Å². The summed E-state index contributed by atoms with van der Waals surface area (Å²) in [7, 11) is -0.899. The minimum atomic E-state index is -3.73. The Morgan fingerprint density at radius 1 is 1.00 bits per heavy atom. The number of hydrogen-bond acceptors (Lipinski definition) is 6. The Kier molecular flexibility index (Phi) is 7.95. The van der Waals surface area contributed by atoms with Crippen LogP contribution in [0.4, 0.5) is 0 Å². The maximum absolute atomic E-state index is 13.5. The zero-order valence-electron chi connectivity index (χ0n) is 22.4. The lowest BCUT2D eigenvalue weighted by molar-refractivity contribution is -0.137. The van der Waals surface area contributed by atoms with Crippen LogP contribution in [0.15, 0.2) is 100 Å². The molecule has 0 aromatic heterocycles. The van der Waals surface area contributed by atoms with Gasteiger partial charge in [-0.15, -0.1) is 0 Å². The van der Waals surface area contributed by atoms with Crippen molar-refractivity contribution >= 4 is 33.7 Å². The van der Waals surface area contributed by atoms with E-state index < -0.39 is 28.5 Å². The summed E-state index contributed by atoms with van der Waals surface area (Å²) >= 11 is 0. The van der Waals surface area contributed by atoms with E-state index in [9.17, 15) is 18.0 Å². The maximum atomic E-state index is 13.5. The van der Waals surface area contributed by atoms with Crippen LogP contribution < -0.4 is 0 Å². The molecule has 2 aliphatic rings. The first kappa shape index (κ1) is 27.5. The highest BCUT2D eigenvalue weighted by Crippen LogP contribution is 2.44. The first-order chi connectivity index (χ1) is 19.3. The molecule has 5 rings (SSSR count). The maximum Gasteiger partial charge on any atom is 0.338 e. The Bertz CT molecular complexity index is 1570. The van der Waals surface area contributed by atoms with Crippen molar-refractivity contribution in [1.82, 2.24) is 9.31 Å².